The van der Waals surface area contributed by atoms with Gasteiger partial charge >= 0.3 is 5.97 Å². The Hall–Kier alpha value is -1.47. The van der Waals surface area contributed by atoms with E-state index in [2.05, 4.69) is 4.98 Å². The molecule has 5 nitrogen and oxygen atoms in total. The van der Waals surface area contributed by atoms with Gasteiger partial charge in [-0.25, -0.2) is 9.78 Å². The van der Waals surface area contributed by atoms with Crippen LogP contribution in [0.1, 0.15) is 16.3 Å². The lowest BCUT2D eigenvalue weighted by Crippen LogP contribution is -1.91. The van der Waals surface area contributed by atoms with Crippen LogP contribution in [-0.2, 0) is 5.75 Å². The maximum absolute atomic E-state index is 10.6. The smallest absolute Gasteiger partial charge is 0.371 e. The van der Waals surface area contributed by atoms with Crippen molar-refractivity contribution in [2.24, 2.45) is 0 Å². The van der Waals surface area contributed by atoms with Crippen molar-refractivity contribution in [2.45, 2.75) is 9.96 Å². The first-order valence-corrected chi connectivity index (χ1v) is 6.11. The maximum Gasteiger partial charge on any atom is 0.371 e. The number of rotatable bonds is 4. The lowest BCUT2D eigenvalue weighted by atomic mass is 10.4. The highest BCUT2D eigenvalue weighted by Gasteiger charge is 2.09. The van der Waals surface area contributed by atoms with Gasteiger partial charge in [-0.15, -0.1) is 11.8 Å². The third-order valence-corrected chi connectivity index (χ3v) is 3.77. The molecule has 0 aromatic carbocycles. The lowest BCUT2D eigenvalue weighted by molar-refractivity contribution is 0.0661. The molecule has 0 radical (unpaired) electrons. The van der Waals surface area contributed by atoms with Gasteiger partial charge in [0.05, 0.1) is 16.2 Å². The summed E-state index contributed by atoms with van der Waals surface area (Å²) in [5.74, 6) is 0.0848. The summed E-state index contributed by atoms with van der Waals surface area (Å²) in [6.07, 6.45) is 1.69. The SMILES string of the molecule is Nc1ncc(SCc2ccc(C(=O)O)o2)s1. The van der Waals surface area contributed by atoms with Crippen LogP contribution < -0.4 is 5.73 Å². The second-order valence-electron chi connectivity index (χ2n) is 2.88. The fourth-order valence-corrected chi connectivity index (χ4v) is 2.70. The lowest BCUT2D eigenvalue weighted by Gasteiger charge is -1.93. The molecule has 16 heavy (non-hydrogen) atoms. The zero-order valence-electron chi connectivity index (χ0n) is 8.04. The van der Waals surface area contributed by atoms with E-state index in [4.69, 9.17) is 15.3 Å². The highest BCUT2D eigenvalue weighted by molar-refractivity contribution is 8.00. The number of aromatic carboxylic acids is 1. The minimum Gasteiger partial charge on any atom is -0.475 e. The molecular weight excluding hydrogens is 248 g/mol. The van der Waals surface area contributed by atoms with Crippen LogP contribution in [0, 0.1) is 0 Å². The second-order valence-corrected chi connectivity index (χ2v) is 5.22. The molecule has 3 N–H and O–H groups in total. The van der Waals surface area contributed by atoms with Crippen LogP contribution >= 0.6 is 23.1 Å². The van der Waals surface area contributed by atoms with Crippen LogP contribution in [0.4, 0.5) is 5.13 Å². The molecule has 2 rings (SSSR count). The van der Waals surface area contributed by atoms with Gasteiger partial charge in [-0.05, 0) is 12.1 Å². The van der Waals surface area contributed by atoms with Gasteiger partial charge in [0, 0.05) is 0 Å². The molecule has 0 aliphatic rings. The number of carboxylic acid groups (broad SMARTS) is 1. The topological polar surface area (TPSA) is 89.3 Å². The highest BCUT2D eigenvalue weighted by Crippen LogP contribution is 2.29. The second kappa shape index (κ2) is 4.58. The van der Waals surface area contributed by atoms with Crippen LogP contribution in [0.25, 0.3) is 0 Å². The summed E-state index contributed by atoms with van der Waals surface area (Å²) >= 11 is 2.90. The number of carbonyl (C=O) groups is 1. The van der Waals surface area contributed by atoms with Gasteiger partial charge in [0.1, 0.15) is 5.76 Å². The van der Waals surface area contributed by atoms with Crippen LogP contribution in [0.15, 0.2) is 27.0 Å². The summed E-state index contributed by atoms with van der Waals surface area (Å²) < 4.78 is 6.08. The average Bonchev–Trinajstić information content (AvgIpc) is 2.83. The van der Waals surface area contributed by atoms with Crippen molar-refractivity contribution in [3.63, 3.8) is 0 Å². The van der Waals surface area contributed by atoms with Crippen LogP contribution in [0.5, 0.6) is 0 Å². The van der Waals surface area contributed by atoms with Gasteiger partial charge in [0.15, 0.2) is 5.13 Å². The summed E-state index contributed by atoms with van der Waals surface area (Å²) in [6.45, 7) is 0. The van der Waals surface area contributed by atoms with Crippen molar-refractivity contribution < 1.29 is 14.3 Å². The Labute approximate surface area is 99.3 Å². The summed E-state index contributed by atoms with van der Waals surface area (Å²) in [5.41, 5.74) is 5.48. The number of thioether (sulfide) groups is 1. The van der Waals surface area contributed by atoms with E-state index in [1.807, 2.05) is 0 Å². The summed E-state index contributed by atoms with van der Waals surface area (Å²) in [7, 11) is 0. The number of nitrogens with two attached hydrogens (primary N) is 1. The molecule has 0 fully saturated rings. The van der Waals surface area contributed by atoms with E-state index in [9.17, 15) is 4.79 Å². The number of carboxylic acids is 1. The molecule has 0 saturated carbocycles. The number of furan rings is 1. The number of hydrogen-bond donors (Lipinski definition) is 2. The maximum atomic E-state index is 10.6. The van der Waals surface area contributed by atoms with Crippen LogP contribution in [-0.4, -0.2) is 16.1 Å². The Morgan fingerprint density at radius 1 is 1.62 bits per heavy atom. The highest BCUT2D eigenvalue weighted by atomic mass is 32.2. The number of aromatic nitrogens is 1. The third kappa shape index (κ3) is 2.56. The van der Waals surface area contributed by atoms with E-state index in [-0.39, 0.29) is 5.76 Å². The van der Waals surface area contributed by atoms with Crippen molar-refractivity contribution in [3.8, 4) is 0 Å². The van der Waals surface area contributed by atoms with Crippen molar-refractivity contribution in [3.05, 3.63) is 29.9 Å². The normalized spacial score (nSPS) is 10.5. The fraction of sp³-hybridized carbons (Fsp3) is 0.111. The fourth-order valence-electron chi connectivity index (χ4n) is 1.05. The van der Waals surface area contributed by atoms with Crippen LogP contribution in [0.2, 0.25) is 0 Å². The molecule has 2 heterocycles. The number of nitrogen functional groups attached to an aromatic ring is 1. The molecule has 0 aliphatic carbocycles. The quantitative estimate of drug-likeness (QED) is 0.816. The summed E-state index contributed by atoms with van der Waals surface area (Å²) in [4.78, 5) is 14.5. The summed E-state index contributed by atoms with van der Waals surface area (Å²) in [6, 6.07) is 3.10. The van der Waals surface area contributed by atoms with Gasteiger partial charge in [-0.1, -0.05) is 11.3 Å². The number of nitrogens with zero attached hydrogens (tertiary/aromatic N) is 1. The van der Waals surface area contributed by atoms with Crippen molar-refractivity contribution in [1.29, 1.82) is 0 Å². The van der Waals surface area contributed by atoms with Gasteiger partial charge in [-0.3, -0.25) is 0 Å². The Morgan fingerprint density at radius 2 is 2.44 bits per heavy atom. The Bertz CT molecular complexity index is 506. The van der Waals surface area contributed by atoms with Gasteiger partial charge in [-0.2, -0.15) is 0 Å². The van der Waals surface area contributed by atoms with Gasteiger partial charge in [0.25, 0.3) is 0 Å². The van der Waals surface area contributed by atoms with E-state index in [0.29, 0.717) is 16.6 Å². The van der Waals surface area contributed by atoms with Crippen molar-refractivity contribution in [1.82, 2.24) is 4.98 Å². The first-order chi connectivity index (χ1) is 7.65. The molecule has 0 atom stereocenters. The van der Waals surface area contributed by atoms with E-state index < -0.39 is 5.97 Å². The molecule has 0 saturated heterocycles. The molecule has 84 valence electrons. The van der Waals surface area contributed by atoms with Gasteiger partial charge < -0.3 is 15.3 Å². The van der Waals surface area contributed by atoms with Crippen molar-refractivity contribution in [2.75, 3.05) is 5.73 Å². The number of anilines is 1. The molecule has 0 spiro atoms. The first kappa shape index (κ1) is 11.0. The van der Waals surface area contributed by atoms with E-state index in [1.165, 1.54) is 29.2 Å². The Morgan fingerprint density at radius 3 is 3.00 bits per heavy atom. The van der Waals surface area contributed by atoms with E-state index in [0.717, 1.165) is 4.21 Å². The zero-order chi connectivity index (χ0) is 11.5. The van der Waals surface area contributed by atoms with E-state index >= 15 is 0 Å². The molecule has 2 aromatic rings. The molecule has 7 heteroatoms. The minimum atomic E-state index is -1.06. The van der Waals surface area contributed by atoms with Crippen LogP contribution in [0.3, 0.4) is 0 Å². The monoisotopic (exact) mass is 256 g/mol. The minimum absolute atomic E-state index is 0.0422. The molecule has 0 aliphatic heterocycles. The van der Waals surface area contributed by atoms with Crippen molar-refractivity contribution >= 4 is 34.2 Å². The zero-order valence-corrected chi connectivity index (χ0v) is 9.68. The summed E-state index contributed by atoms with van der Waals surface area (Å²) in [5, 5.41) is 9.18. The number of thiazole rings is 1. The molecule has 0 amide bonds. The predicted octanol–water partition coefficient (Wildman–Crippen LogP) is 2.31. The largest absolute Gasteiger partial charge is 0.475 e. The first-order valence-electron chi connectivity index (χ1n) is 4.31. The molecule has 0 bridgehead atoms. The molecular formula is C9H8N2O3S2. The number of hydrogen-bond acceptors (Lipinski definition) is 6. The predicted molar refractivity (Wildman–Crippen MR) is 61.8 cm³/mol. The third-order valence-electron chi connectivity index (χ3n) is 1.73. The Kier molecular flexibility index (Phi) is 3.16. The standard InChI is InChI=1S/C9H8N2O3S2/c10-9-11-3-7(16-9)15-4-5-1-2-6(14-5)8(12)13/h1-3H,4H2,(H2,10,11)(H,12,13). The Balaban J connectivity index is 1.97. The van der Waals surface area contributed by atoms with E-state index in [1.54, 1.807) is 12.3 Å². The molecule has 0 unspecified atom stereocenters. The average molecular weight is 256 g/mol. The molecule has 2 aromatic heterocycles. The van der Waals surface area contributed by atoms with Gasteiger partial charge in [0.2, 0.25) is 5.76 Å².